The third-order valence-electron chi connectivity index (χ3n) is 5.58. The van der Waals surface area contributed by atoms with E-state index in [-0.39, 0.29) is 5.69 Å². The number of halogens is 3. The van der Waals surface area contributed by atoms with Gasteiger partial charge >= 0.3 is 6.18 Å². The smallest absolute Gasteiger partial charge is 0.339 e. The van der Waals surface area contributed by atoms with Crippen LogP contribution in [0.3, 0.4) is 0 Å². The molecule has 186 valence electrons. The van der Waals surface area contributed by atoms with E-state index >= 15 is 0 Å². The number of nitrogens with one attached hydrogen (secondary N) is 3. The summed E-state index contributed by atoms with van der Waals surface area (Å²) in [6, 6.07) is 10.3. The first-order chi connectivity index (χ1) is 17.7. The molecule has 9 nitrogen and oxygen atoms in total. The van der Waals surface area contributed by atoms with Crippen LogP contribution in [0.1, 0.15) is 27.3 Å². The molecule has 0 aliphatic carbocycles. The molecule has 0 saturated carbocycles. The third kappa shape index (κ3) is 4.94. The van der Waals surface area contributed by atoms with Crippen molar-refractivity contribution in [3.8, 4) is 11.3 Å². The zero-order valence-electron chi connectivity index (χ0n) is 19.6. The number of fused-ring (bicyclic) bond motifs is 1. The average Bonchev–Trinajstić information content (AvgIpc) is 3.35. The van der Waals surface area contributed by atoms with Gasteiger partial charge in [0.2, 0.25) is 0 Å². The largest absolute Gasteiger partial charge is 0.416 e. The molecule has 0 unspecified atom stereocenters. The number of alkyl halides is 3. The van der Waals surface area contributed by atoms with E-state index in [4.69, 9.17) is 0 Å². The third-order valence-corrected chi connectivity index (χ3v) is 5.58. The Morgan fingerprint density at radius 2 is 1.81 bits per heavy atom. The minimum Gasteiger partial charge on any atom is -0.339 e. The number of nitrogens with zero attached hydrogens (tertiary/aromatic N) is 5. The molecule has 0 fully saturated rings. The molecule has 12 heteroatoms. The number of carbonyl (C=O) groups is 1. The Balaban J connectivity index is 1.46. The summed E-state index contributed by atoms with van der Waals surface area (Å²) in [6.45, 7) is 3.72. The highest BCUT2D eigenvalue weighted by atomic mass is 19.4. The Bertz CT molecular complexity index is 1630. The van der Waals surface area contributed by atoms with E-state index in [9.17, 15) is 18.0 Å². The monoisotopic (exact) mass is 504 g/mol. The molecule has 1 aromatic carbocycles. The van der Waals surface area contributed by atoms with Crippen LogP contribution in [0.2, 0.25) is 0 Å². The fourth-order valence-electron chi connectivity index (χ4n) is 3.69. The standard InChI is InChI=1S/C25H19F3N8O/c1-13-3-5-16(35-24(37)19-9-15(7-8-29-19)25(26,27)28)10-18(13)36-22-17(6-4-14(2)34-22)20-21-23(32-11-30-20)33-12-31-21/h3-12H,1-2H3,(H,34,36)(H,35,37)(H,30,31,32,33). The van der Waals surface area contributed by atoms with Gasteiger partial charge in [0.25, 0.3) is 5.91 Å². The van der Waals surface area contributed by atoms with Crippen LogP contribution < -0.4 is 10.6 Å². The molecule has 4 aromatic heterocycles. The maximum atomic E-state index is 13.0. The van der Waals surface area contributed by atoms with Gasteiger partial charge in [0.15, 0.2) is 5.65 Å². The first-order valence-electron chi connectivity index (χ1n) is 11.0. The summed E-state index contributed by atoms with van der Waals surface area (Å²) in [5.41, 5.74) is 3.74. The van der Waals surface area contributed by atoms with Gasteiger partial charge in [0, 0.05) is 28.8 Å². The van der Waals surface area contributed by atoms with Crippen molar-refractivity contribution < 1.29 is 18.0 Å². The Labute approximate surface area is 208 Å². The fourth-order valence-corrected chi connectivity index (χ4v) is 3.69. The number of H-pyrrole nitrogens is 1. The van der Waals surface area contributed by atoms with E-state index in [1.165, 1.54) is 12.7 Å². The second kappa shape index (κ2) is 9.30. The molecule has 5 aromatic rings. The lowest BCUT2D eigenvalue weighted by atomic mass is 10.1. The normalized spacial score (nSPS) is 11.5. The van der Waals surface area contributed by atoms with Crippen molar-refractivity contribution in [1.82, 2.24) is 29.9 Å². The van der Waals surface area contributed by atoms with E-state index in [1.54, 1.807) is 18.2 Å². The Morgan fingerprint density at radius 3 is 2.62 bits per heavy atom. The van der Waals surface area contributed by atoms with Gasteiger partial charge in [-0.3, -0.25) is 9.78 Å². The second-order valence-electron chi connectivity index (χ2n) is 8.21. The second-order valence-corrected chi connectivity index (χ2v) is 8.21. The number of pyridine rings is 2. The Morgan fingerprint density at radius 1 is 0.973 bits per heavy atom. The summed E-state index contributed by atoms with van der Waals surface area (Å²) in [5.74, 6) is -0.258. The summed E-state index contributed by atoms with van der Waals surface area (Å²) >= 11 is 0. The zero-order chi connectivity index (χ0) is 26.2. The molecule has 0 aliphatic heterocycles. The van der Waals surface area contributed by atoms with E-state index < -0.39 is 17.6 Å². The van der Waals surface area contributed by atoms with Gasteiger partial charge < -0.3 is 15.6 Å². The number of hydrogen-bond acceptors (Lipinski definition) is 7. The van der Waals surface area contributed by atoms with Crippen molar-refractivity contribution in [3.05, 3.63) is 83.8 Å². The highest BCUT2D eigenvalue weighted by Gasteiger charge is 2.31. The molecule has 5 rings (SSSR count). The van der Waals surface area contributed by atoms with Gasteiger partial charge in [-0.2, -0.15) is 13.2 Å². The first kappa shape index (κ1) is 23.9. The number of carbonyl (C=O) groups excluding carboxylic acids is 1. The van der Waals surface area contributed by atoms with Crippen molar-refractivity contribution in [2.75, 3.05) is 10.6 Å². The molecule has 0 radical (unpaired) electrons. The fraction of sp³-hybridized carbons (Fsp3) is 0.120. The van der Waals surface area contributed by atoms with Gasteiger partial charge in [-0.05, 0) is 55.8 Å². The van der Waals surface area contributed by atoms with Gasteiger partial charge in [-0.15, -0.1) is 0 Å². The molecular formula is C25H19F3N8O. The van der Waals surface area contributed by atoms with Gasteiger partial charge in [-0.1, -0.05) is 6.07 Å². The number of aryl methyl sites for hydroxylation is 2. The molecule has 0 spiro atoms. The maximum absolute atomic E-state index is 13.0. The van der Waals surface area contributed by atoms with E-state index in [1.807, 2.05) is 26.0 Å². The van der Waals surface area contributed by atoms with Gasteiger partial charge in [-0.25, -0.2) is 19.9 Å². The van der Waals surface area contributed by atoms with E-state index in [0.717, 1.165) is 23.5 Å². The molecule has 3 N–H and O–H groups in total. The summed E-state index contributed by atoms with van der Waals surface area (Å²) in [7, 11) is 0. The molecule has 0 atom stereocenters. The van der Waals surface area contributed by atoms with Crippen LogP contribution in [-0.4, -0.2) is 35.8 Å². The van der Waals surface area contributed by atoms with Crippen molar-refractivity contribution in [3.63, 3.8) is 0 Å². The van der Waals surface area contributed by atoms with Crippen LogP contribution in [0.5, 0.6) is 0 Å². The number of amides is 1. The minimum atomic E-state index is -4.58. The topological polar surface area (TPSA) is 121 Å². The van der Waals surface area contributed by atoms with Crippen LogP contribution >= 0.6 is 0 Å². The molecule has 0 aliphatic rings. The number of aromatic nitrogens is 6. The molecule has 0 saturated heterocycles. The SMILES string of the molecule is Cc1ccc(-c2ncnc3[nH]cnc23)c(Nc2cc(NC(=O)c3cc(C(F)(F)F)ccn3)ccc2C)n1. The van der Waals surface area contributed by atoms with E-state index in [2.05, 4.69) is 40.5 Å². The number of rotatable bonds is 5. The van der Waals surface area contributed by atoms with Crippen LogP contribution in [0.25, 0.3) is 22.4 Å². The lowest BCUT2D eigenvalue weighted by Gasteiger charge is -2.15. The van der Waals surface area contributed by atoms with Crippen molar-refractivity contribution in [1.29, 1.82) is 0 Å². The quantitative estimate of drug-likeness (QED) is 0.291. The first-order valence-corrected chi connectivity index (χ1v) is 11.0. The predicted molar refractivity (Wildman–Crippen MR) is 131 cm³/mol. The minimum absolute atomic E-state index is 0.348. The van der Waals surface area contributed by atoms with Gasteiger partial charge in [0.1, 0.15) is 29.0 Å². The predicted octanol–water partition coefficient (Wildman–Crippen LogP) is 5.44. The molecule has 0 bridgehead atoms. The summed E-state index contributed by atoms with van der Waals surface area (Å²) in [4.78, 5) is 36.9. The molecule has 37 heavy (non-hydrogen) atoms. The molecule has 4 heterocycles. The Kier molecular flexibility index (Phi) is 5.99. The summed E-state index contributed by atoms with van der Waals surface area (Å²) in [5, 5.41) is 5.90. The zero-order valence-corrected chi connectivity index (χ0v) is 19.6. The van der Waals surface area contributed by atoms with Crippen LogP contribution in [0.4, 0.5) is 30.4 Å². The maximum Gasteiger partial charge on any atom is 0.416 e. The number of imidazole rings is 1. The number of hydrogen-bond donors (Lipinski definition) is 3. The van der Waals surface area contributed by atoms with Gasteiger partial charge in [0.05, 0.1) is 11.9 Å². The van der Waals surface area contributed by atoms with Crippen LogP contribution in [-0.2, 0) is 6.18 Å². The van der Waals surface area contributed by atoms with Crippen molar-refractivity contribution in [2.24, 2.45) is 0 Å². The Hall–Kier alpha value is -4.87. The number of benzene rings is 1. The lowest BCUT2D eigenvalue weighted by Crippen LogP contribution is -2.16. The van der Waals surface area contributed by atoms with Crippen LogP contribution in [0, 0.1) is 13.8 Å². The highest BCUT2D eigenvalue weighted by molar-refractivity contribution is 6.03. The molecular weight excluding hydrogens is 485 g/mol. The highest BCUT2D eigenvalue weighted by Crippen LogP contribution is 2.33. The van der Waals surface area contributed by atoms with Crippen molar-refractivity contribution in [2.45, 2.75) is 20.0 Å². The van der Waals surface area contributed by atoms with Crippen LogP contribution in [0.15, 0.2) is 61.3 Å². The lowest BCUT2D eigenvalue weighted by molar-refractivity contribution is -0.137. The van der Waals surface area contributed by atoms with Crippen molar-refractivity contribution >= 4 is 34.3 Å². The number of aromatic amines is 1. The summed E-state index contributed by atoms with van der Waals surface area (Å²) in [6.07, 6.45) is -0.660. The van der Waals surface area contributed by atoms with E-state index in [0.29, 0.717) is 45.7 Å². The number of anilines is 3. The summed E-state index contributed by atoms with van der Waals surface area (Å²) < 4.78 is 39.1. The average molecular weight is 504 g/mol. The molecule has 1 amide bonds.